The predicted octanol–water partition coefficient (Wildman–Crippen LogP) is 4.06. The molecule has 19 heavy (non-hydrogen) atoms. The lowest BCUT2D eigenvalue weighted by molar-refractivity contribution is 0.254. The van der Waals surface area contributed by atoms with Gasteiger partial charge in [0, 0.05) is 36.9 Å². The summed E-state index contributed by atoms with van der Waals surface area (Å²) in [5.74, 6) is 0. The Morgan fingerprint density at radius 1 is 1.16 bits per heavy atom. The zero-order valence-electron chi connectivity index (χ0n) is 11.9. The topological polar surface area (TPSA) is 6.48 Å². The lowest BCUT2D eigenvalue weighted by Crippen LogP contribution is -2.46. The number of halogens is 1. The number of rotatable bonds is 4. The van der Waals surface area contributed by atoms with E-state index in [0.29, 0.717) is 0 Å². The third kappa shape index (κ3) is 5.25. The summed E-state index contributed by atoms with van der Waals surface area (Å²) < 4.78 is 0. The van der Waals surface area contributed by atoms with Gasteiger partial charge < -0.3 is 4.90 Å². The predicted molar refractivity (Wildman–Crippen MR) is 86.3 cm³/mol. The van der Waals surface area contributed by atoms with Gasteiger partial charge in [-0.25, -0.2) is 0 Å². The van der Waals surface area contributed by atoms with E-state index in [2.05, 4.69) is 42.0 Å². The Labute approximate surface area is 122 Å². The Balaban J connectivity index is 0.000000861. The molecule has 0 aliphatic carbocycles. The molecule has 0 N–H and O–H groups in total. The molecule has 2 nitrogen and oxygen atoms in total. The van der Waals surface area contributed by atoms with E-state index >= 15 is 0 Å². The number of hydrogen-bond donors (Lipinski definition) is 0. The summed E-state index contributed by atoms with van der Waals surface area (Å²) in [6.45, 7) is 14.1. The molecule has 0 spiro atoms. The third-order valence-electron chi connectivity index (χ3n) is 3.37. The van der Waals surface area contributed by atoms with Crippen molar-refractivity contribution in [2.45, 2.75) is 19.8 Å². The maximum absolute atomic E-state index is 6.02. The highest BCUT2D eigenvalue weighted by molar-refractivity contribution is 6.30. The van der Waals surface area contributed by atoms with E-state index < -0.39 is 0 Å². The smallest absolute Gasteiger partial charge is 0.0426 e. The molecule has 0 aromatic heterocycles. The van der Waals surface area contributed by atoms with E-state index in [1.54, 1.807) is 0 Å². The van der Waals surface area contributed by atoms with Crippen molar-refractivity contribution in [2.24, 2.45) is 0 Å². The number of nitrogens with zero attached hydrogens (tertiary/aromatic N) is 2. The highest BCUT2D eigenvalue weighted by Gasteiger charge is 2.16. The first-order valence-corrected chi connectivity index (χ1v) is 7.40. The molecule has 0 atom stereocenters. The van der Waals surface area contributed by atoms with Crippen molar-refractivity contribution in [1.29, 1.82) is 0 Å². The summed E-state index contributed by atoms with van der Waals surface area (Å²) in [6.07, 6.45) is 2.60. The van der Waals surface area contributed by atoms with E-state index in [1.165, 1.54) is 38.2 Å². The number of piperazine rings is 1. The second kappa shape index (κ2) is 9.00. The van der Waals surface area contributed by atoms with Crippen LogP contribution in [0.5, 0.6) is 0 Å². The molecule has 1 aliphatic heterocycles. The minimum Gasteiger partial charge on any atom is -0.369 e. The Morgan fingerprint density at radius 3 is 2.42 bits per heavy atom. The highest BCUT2D eigenvalue weighted by Crippen LogP contribution is 2.20. The van der Waals surface area contributed by atoms with Crippen molar-refractivity contribution in [3.63, 3.8) is 0 Å². The number of benzene rings is 1. The van der Waals surface area contributed by atoms with E-state index in [9.17, 15) is 0 Å². The Hall–Kier alpha value is -0.990. The molecule has 3 heteroatoms. The summed E-state index contributed by atoms with van der Waals surface area (Å²) in [4.78, 5) is 4.98. The van der Waals surface area contributed by atoms with E-state index in [0.717, 1.165) is 18.1 Å². The quantitative estimate of drug-likeness (QED) is 0.768. The lowest BCUT2D eigenvalue weighted by atomic mass is 10.2. The van der Waals surface area contributed by atoms with E-state index in [-0.39, 0.29) is 0 Å². The molecule has 2 rings (SSSR count). The van der Waals surface area contributed by atoms with Crippen molar-refractivity contribution in [2.75, 3.05) is 37.6 Å². The minimum atomic E-state index is 0.830. The molecule has 1 fully saturated rings. The van der Waals surface area contributed by atoms with Crippen LogP contribution in [0.3, 0.4) is 0 Å². The van der Waals surface area contributed by atoms with Gasteiger partial charge in [0.1, 0.15) is 0 Å². The van der Waals surface area contributed by atoms with Gasteiger partial charge >= 0.3 is 0 Å². The first kappa shape index (κ1) is 16.1. The number of hydrogen-bond acceptors (Lipinski definition) is 2. The summed E-state index contributed by atoms with van der Waals surface area (Å²) in [7, 11) is 0. The molecular weight excluding hydrogens is 256 g/mol. The van der Waals surface area contributed by atoms with E-state index in [1.807, 2.05) is 12.1 Å². The lowest BCUT2D eigenvalue weighted by Gasteiger charge is -2.36. The summed E-state index contributed by atoms with van der Waals surface area (Å²) in [6, 6.07) is 8.17. The zero-order valence-corrected chi connectivity index (χ0v) is 12.7. The van der Waals surface area contributed by atoms with Crippen molar-refractivity contribution < 1.29 is 0 Å². The van der Waals surface area contributed by atoms with Gasteiger partial charge in [-0.3, -0.25) is 4.90 Å². The molecule has 106 valence electrons. The van der Waals surface area contributed by atoms with Gasteiger partial charge in [-0.2, -0.15) is 0 Å². The second-order valence-electron chi connectivity index (χ2n) is 4.66. The van der Waals surface area contributed by atoms with Gasteiger partial charge in [-0.15, -0.1) is 13.2 Å². The standard InChI is InChI=1S/C14H21ClN2.C2H4/c1-2-3-7-16-8-10-17(11-9-16)14-6-4-5-13(15)12-14;1-2/h4-6,12H,2-3,7-11H2,1H3;1-2H2. The van der Waals surface area contributed by atoms with Gasteiger partial charge in [-0.1, -0.05) is 31.0 Å². The van der Waals surface area contributed by atoms with Gasteiger partial charge in [0.05, 0.1) is 0 Å². The van der Waals surface area contributed by atoms with Gasteiger partial charge in [0.2, 0.25) is 0 Å². The van der Waals surface area contributed by atoms with Crippen LogP contribution in [0.25, 0.3) is 0 Å². The first-order valence-electron chi connectivity index (χ1n) is 7.02. The Bertz CT molecular complexity index is 360. The molecule has 0 saturated carbocycles. The molecule has 0 bridgehead atoms. The van der Waals surface area contributed by atoms with Crippen LogP contribution in [0.1, 0.15) is 19.8 Å². The third-order valence-corrected chi connectivity index (χ3v) is 3.61. The average Bonchev–Trinajstić information content (AvgIpc) is 2.48. The summed E-state index contributed by atoms with van der Waals surface area (Å²) in [5.41, 5.74) is 1.26. The fourth-order valence-corrected chi connectivity index (χ4v) is 2.47. The largest absolute Gasteiger partial charge is 0.369 e. The van der Waals surface area contributed by atoms with Crippen molar-refractivity contribution in [3.05, 3.63) is 42.4 Å². The monoisotopic (exact) mass is 280 g/mol. The van der Waals surface area contributed by atoms with Crippen LogP contribution in [0, 0.1) is 0 Å². The van der Waals surface area contributed by atoms with E-state index in [4.69, 9.17) is 11.6 Å². The van der Waals surface area contributed by atoms with Crippen LogP contribution >= 0.6 is 11.6 Å². The fraction of sp³-hybridized carbons (Fsp3) is 0.500. The second-order valence-corrected chi connectivity index (χ2v) is 5.10. The summed E-state index contributed by atoms with van der Waals surface area (Å²) in [5, 5.41) is 0.830. The maximum atomic E-state index is 6.02. The van der Waals surface area contributed by atoms with Crippen LogP contribution in [-0.2, 0) is 0 Å². The molecule has 0 amide bonds. The van der Waals surface area contributed by atoms with Crippen molar-refractivity contribution in [3.8, 4) is 0 Å². The van der Waals surface area contributed by atoms with Gasteiger partial charge in [0.15, 0.2) is 0 Å². The van der Waals surface area contributed by atoms with Crippen LogP contribution in [0.4, 0.5) is 5.69 Å². The fourth-order valence-electron chi connectivity index (χ4n) is 2.28. The highest BCUT2D eigenvalue weighted by atomic mass is 35.5. The normalized spacial score (nSPS) is 15.8. The van der Waals surface area contributed by atoms with Crippen molar-refractivity contribution >= 4 is 17.3 Å². The molecule has 1 aromatic carbocycles. The van der Waals surface area contributed by atoms with Crippen LogP contribution in [0.15, 0.2) is 37.4 Å². The maximum Gasteiger partial charge on any atom is 0.0426 e. The number of unbranched alkanes of at least 4 members (excludes halogenated alkanes) is 1. The Kier molecular flexibility index (Phi) is 7.61. The molecule has 0 unspecified atom stereocenters. The van der Waals surface area contributed by atoms with Gasteiger partial charge in [0.25, 0.3) is 0 Å². The van der Waals surface area contributed by atoms with Crippen LogP contribution < -0.4 is 4.90 Å². The molecule has 1 heterocycles. The van der Waals surface area contributed by atoms with Gasteiger partial charge in [-0.05, 0) is 31.2 Å². The molecule has 1 aliphatic rings. The molecular formula is C16H25ClN2. The zero-order chi connectivity index (χ0) is 14.1. The average molecular weight is 281 g/mol. The number of anilines is 1. The minimum absolute atomic E-state index is 0.830. The van der Waals surface area contributed by atoms with Crippen LogP contribution in [0.2, 0.25) is 5.02 Å². The SMILES string of the molecule is C=C.CCCCN1CCN(c2cccc(Cl)c2)CC1. The van der Waals surface area contributed by atoms with Crippen molar-refractivity contribution in [1.82, 2.24) is 4.90 Å². The molecule has 0 radical (unpaired) electrons. The Morgan fingerprint density at radius 2 is 1.84 bits per heavy atom. The molecule has 1 aromatic rings. The van der Waals surface area contributed by atoms with Crippen LogP contribution in [-0.4, -0.2) is 37.6 Å². The first-order chi connectivity index (χ1) is 9.29. The molecule has 1 saturated heterocycles. The summed E-state index contributed by atoms with van der Waals surface area (Å²) >= 11 is 6.02.